The van der Waals surface area contributed by atoms with Crippen LogP contribution in [0, 0.1) is 17.3 Å². The Morgan fingerprint density at radius 1 is 1.26 bits per heavy atom. The molecule has 0 radical (unpaired) electrons. The molecule has 0 N–H and O–H groups in total. The predicted molar refractivity (Wildman–Crippen MR) is 77.2 cm³/mol. The van der Waals surface area contributed by atoms with Gasteiger partial charge < -0.3 is 9.64 Å². The molecule has 2 rings (SSSR count). The second-order valence-corrected chi connectivity index (χ2v) is 7.27. The maximum absolute atomic E-state index is 12.2. The van der Waals surface area contributed by atoms with Gasteiger partial charge in [-0.3, -0.25) is 4.79 Å². The molecule has 19 heavy (non-hydrogen) atoms. The standard InChI is InChI=1S/C16H29NO2/c1-16(2,3)14-5-6-15(18)13(11-14)12-17-7-4-9-19-10-8-17/h13-14H,4-12H2,1-3H3. The van der Waals surface area contributed by atoms with Crippen LogP contribution in [-0.4, -0.2) is 43.5 Å². The number of hydrogen-bond acceptors (Lipinski definition) is 3. The number of hydrogen-bond donors (Lipinski definition) is 0. The van der Waals surface area contributed by atoms with Crippen molar-refractivity contribution in [2.24, 2.45) is 17.3 Å². The molecular weight excluding hydrogens is 238 g/mol. The fourth-order valence-electron chi connectivity index (χ4n) is 3.37. The Morgan fingerprint density at radius 3 is 2.79 bits per heavy atom. The van der Waals surface area contributed by atoms with Gasteiger partial charge in [-0.05, 0) is 30.6 Å². The molecular formula is C16H29NO2. The molecule has 1 aliphatic carbocycles. The van der Waals surface area contributed by atoms with Crippen molar-refractivity contribution in [3.05, 3.63) is 0 Å². The Hall–Kier alpha value is -0.410. The van der Waals surface area contributed by atoms with Gasteiger partial charge in [0.05, 0.1) is 6.61 Å². The molecule has 2 unspecified atom stereocenters. The van der Waals surface area contributed by atoms with E-state index in [1.807, 2.05) is 0 Å². The van der Waals surface area contributed by atoms with Crippen LogP contribution in [0.5, 0.6) is 0 Å². The summed E-state index contributed by atoms with van der Waals surface area (Å²) in [5.41, 5.74) is 0.334. The highest BCUT2D eigenvalue weighted by atomic mass is 16.5. The number of ether oxygens (including phenoxy) is 1. The van der Waals surface area contributed by atoms with Gasteiger partial charge in [-0.2, -0.15) is 0 Å². The average molecular weight is 267 g/mol. The number of ketones is 1. The highest BCUT2D eigenvalue weighted by Gasteiger charge is 2.35. The second kappa shape index (κ2) is 6.36. The first-order valence-electron chi connectivity index (χ1n) is 7.79. The van der Waals surface area contributed by atoms with Crippen LogP contribution < -0.4 is 0 Å². The third-order valence-corrected chi connectivity index (χ3v) is 4.78. The van der Waals surface area contributed by atoms with E-state index in [9.17, 15) is 4.79 Å². The van der Waals surface area contributed by atoms with Crippen molar-refractivity contribution >= 4 is 5.78 Å². The van der Waals surface area contributed by atoms with E-state index >= 15 is 0 Å². The van der Waals surface area contributed by atoms with Crippen molar-refractivity contribution in [2.75, 3.05) is 32.8 Å². The van der Waals surface area contributed by atoms with Crippen LogP contribution in [0.15, 0.2) is 0 Å². The molecule has 2 atom stereocenters. The van der Waals surface area contributed by atoms with Gasteiger partial charge in [0.1, 0.15) is 5.78 Å². The number of rotatable bonds is 2. The molecule has 2 fully saturated rings. The Bertz CT molecular complexity index is 300. The lowest BCUT2D eigenvalue weighted by Crippen LogP contribution is -2.40. The number of carbonyl (C=O) groups excluding carboxylic acids is 1. The van der Waals surface area contributed by atoms with Crippen molar-refractivity contribution < 1.29 is 9.53 Å². The van der Waals surface area contributed by atoms with Crippen LogP contribution in [-0.2, 0) is 9.53 Å². The van der Waals surface area contributed by atoms with Gasteiger partial charge in [0.25, 0.3) is 0 Å². The van der Waals surface area contributed by atoms with Gasteiger partial charge in [-0.25, -0.2) is 0 Å². The molecule has 0 aromatic carbocycles. The van der Waals surface area contributed by atoms with Gasteiger partial charge in [0.15, 0.2) is 0 Å². The fourth-order valence-corrected chi connectivity index (χ4v) is 3.37. The lowest BCUT2D eigenvalue weighted by molar-refractivity contribution is -0.127. The predicted octanol–water partition coefficient (Wildman–Crippen LogP) is 2.74. The Morgan fingerprint density at radius 2 is 2.05 bits per heavy atom. The van der Waals surface area contributed by atoms with E-state index in [1.165, 1.54) is 0 Å². The largest absolute Gasteiger partial charge is 0.380 e. The number of carbonyl (C=O) groups is 1. The summed E-state index contributed by atoms with van der Waals surface area (Å²) in [4.78, 5) is 14.6. The quantitative estimate of drug-likeness (QED) is 0.770. The van der Waals surface area contributed by atoms with E-state index in [1.54, 1.807) is 0 Å². The first kappa shape index (κ1) is 15.0. The van der Waals surface area contributed by atoms with Crippen LogP contribution in [0.2, 0.25) is 0 Å². The molecule has 3 nitrogen and oxygen atoms in total. The summed E-state index contributed by atoms with van der Waals surface area (Å²) < 4.78 is 5.49. The van der Waals surface area contributed by atoms with E-state index in [2.05, 4.69) is 25.7 Å². The molecule has 2 aliphatic rings. The molecule has 1 saturated heterocycles. The van der Waals surface area contributed by atoms with Crippen LogP contribution in [0.4, 0.5) is 0 Å². The summed E-state index contributed by atoms with van der Waals surface area (Å²) in [6.45, 7) is 11.7. The minimum Gasteiger partial charge on any atom is -0.380 e. The van der Waals surface area contributed by atoms with E-state index < -0.39 is 0 Å². The average Bonchev–Trinajstić information content (AvgIpc) is 2.59. The molecule has 1 heterocycles. The maximum Gasteiger partial charge on any atom is 0.137 e. The van der Waals surface area contributed by atoms with Crippen LogP contribution in [0.1, 0.15) is 46.5 Å². The highest BCUT2D eigenvalue weighted by molar-refractivity contribution is 5.82. The smallest absolute Gasteiger partial charge is 0.137 e. The highest BCUT2D eigenvalue weighted by Crippen LogP contribution is 2.39. The molecule has 1 saturated carbocycles. The van der Waals surface area contributed by atoms with Gasteiger partial charge in [-0.1, -0.05) is 20.8 Å². The van der Waals surface area contributed by atoms with E-state index in [-0.39, 0.29) is 5.92 Å². The Balaban J connectivity index is 1.91. The minimum absolute atomic E-state index is 0.260. The molecule has 0 bridgehead atoms. The molecule has 0 amide bonds. The van der Waals surface area contributed by atoms with Crippen molar-refractivity contribution in [3.63, 3.8) is 0 Å². The summed E-state index contributed by atoms with van der Waals surface area (Å²) in [7, 11) is 0. The topological polar surface area (TPSA) is 29.5 Å². The summed E-state index contributed by atoms with van der Waals surface area (Å²) in [6.07, 6.45) is 4.06. The zero-order valence-corrected chi connectivity index (χ0v) is 12.8. The van der Waals surface area contributed by atoms with Crippen molar-refractivity contribution in [3.8, 4) is 0 Å². The molecule has 0 aromatic heterocycles. The zero-order valence-electron chi connectivity index (χ0n) is 12.8. The second-order valence-electron chi connectivity index (χ2n) is 7.27. The van der Waals surface area contributed by atoms with Crippen LogP contribution >= 0.6 is 0 Å². The maximum atomic E-state index is 12.2. The van der Waals surface area contributed by atoms with E-state index in [4.69, 9.17) is 4.74 Å². The lowest BCUT2D eigenvalue weighted by Gasteiger charge is -2.38. The first-order chi connectivity index (χ1) is 8.97. The Kier molecular flexibility index (Phi) is 5.02. The van der Waals surface area contributed by atoms with Gasteiger partial charge in [-0.15, -0.1) is 0 Å². The third-order valence-electron chi connectivity index (χ3n) is 4.78. The van der Waals surface area contributed by atoms with Crippen LogP contribution in [0.3, 0.4) is 0 Å². The lowest BCUT2D eigenvalue weighted by atomic mass is 9.68. The Labute approximate surface area is 117 Å². The fraction of sp³-hybridized carbons (Fsp3) is 0.938. The minimum atomic E-state index is 0.260. The molecule has 110 valence electrons. The summed E-state index contributed by atoms with van der Waals surface area (Å²) in [5.74, 6) is 1.44. The van der Waals surface area contributed by atoms with Crippen molar-refractivity contribution in [1.29, 1.82) is 0 Å². The normalized spacial score (nSPS) is 31.2. The summed E-state index contributed by atoms with van der Waals surface area (Å²) in [6, 6.07) is 0. The molecule has 0 spiro atoms. The third kappa shape index (κ3) is 4.28. The van der Waals surface area contributed by atoms with E-state index in [0.29, 0.717) is 17.1 Å². The van der Waals surface area contributed by atoms with Gasteiger partial charge >= 0.3 is 0 Å². The summed E-state index contributed by atoms with van der Waals surface area (Å²) >= 11 is 0. The number of Topliss-reactive ketones (excluding diaryl/α,β-unsaturated/α-hetero) is 1. The number of nitrogens with zero attached hydrogens (tertiary/aromatic N) is 1. The molecule has 1 aliphatic heterocycles. The van der Waals surface area contributed by atoms with E-state index in [0.717, 1.165) is 58.5 Å². The van der Waals surface area contributed by atoms with Gasteiger partial charge in [0, 0.05) is 38.6 Å². The summed E-state index contributed by atoms with van der Waals surface area (Å²) in [5, 5.41) is 0. The van der Waals surface area contributed by atoms with Crippen molar-refractivity contribution in [1.82, 2.24) is 4.90 Å². The van der Waals surface area contributed by atoms with Gasteiger partial charge in [0.2, 0.25) is 0 Å². The zero-order chi connectivity index (χ0) is 13.9. The molecule has 0 aromatic rings. The molecule has 3 heteroatoms. The van der Waals surface area contributed by atoms with Crippen molar-refractivity contribution in [2.45, 2.75) is 46.5 Å². The van der Waals surface area contributed by atoms with Crippen LogP contribution in [0.25, 0.3) is 0 Å². The SMILES string of the molecule is CC(C)(C)C1CCC(=O)C(CN2CCCOCC2)C1. The monoisotopic (exact) mass is 267 g/mol. The first-order valence-corrected chi connectivity index (χ1v) is 7.79.